The van der Waals surface area contributed by atoms with Crippen molar-refractivity contribution in [3.8, 4) is 0 Å². The minimum absolute atomic E-state index is 0.211. The number of carbonyl (C=O) groups excluding carboxylic acids is 1. The molecule has 92 valence electrons. The summed E-state index contributed by atoms with van der Waals surface area (Å²) in [5.41, 5.74) is -0.211. The Bertz CT molecular complexity index is 243. The Morgan fingerprint density at radius 1 is 1.44 bits per heavy atom. The fraction of sp³-hybridized carbons (Fsp3) is 0.786. The minimum atomic E-state index is -0.211. The Balaban J connectivity index is 2.55. The molecule has 0 aliphatic carbocycles. The number of hydrogen-bond donors (Lipinski definition) is 0. The van der Waals surface area contributed by atoms with Crippen molar-refractivity contribution in [3.05, 3.63) is 12.7 Å². The lowest BCUT2D eigenvalue weighted by Gasteiger charge is -2.36. The highest BCUT2D eigenvalue weighted by Gasteiger charge is 2.37. The van der Waals surface area contributed by atoms with Gasteiger partial charge in [-0.3, -0.25) is 9.69 Å². The molecule has 0 spiro atoms. The first kappa shape index (κ1) is 13.4. The van der Waals surface area contributed by atoms with Crippen LogP contribution < -0.4 is 0 Å². The molecule has 0 aromatic carbocycles. The van der Waals surface area contributed by atoms with Gasteiger partial charge in [0, 0.05) is 6.42 Å². The van der Waals surface area contributed by atoms with Crippen LogP contribution in [0, 0.1) is 0 Å². The van der Waals surface area contributed by atoms with E-state index in [4.69, 9.17) is 0 Å². The van der Waals surface area contributed by atoms with Crippen molar-refractivity contribution >= 4 is 5.78 Å². The highest BCUT2D eigenvalue weighted by atomic mass is 16.1. The van der Waals surface area contributed by atoms with Crippen LogP contribution in [0.15, 0.2) is 12.7 Å². The summed E-state index contributed by atoms with van der Waals surface area (Å²) >= 11 is 0. The maximum Gasteiger partial charge on any atom is 0.152 e. The number of unbranched alkanes of at least 4 members (excludes halogenated alkanes) is 1. The van der Waals surface area contributed by atoms with Gasteiger partial charge in [0.05, 0.1) is 5.54 Å². The van der Waals surface area contributed by atoms with Gasteiger partial charge in [-0.15, -0.1) is 6.58 Å². The number of ketones is 1. The second kappa shape index (κ2) is 6.19. The zero-order valence-corrected chi connectivity index (χ0v) is 10.8. The summed E-state index contributed by atoms with van der Waals surface area (Å²) in [6, 6.07) is 0. The average Bonchev–Trinajstić information content (AvgIpc) is 2.82. The fourth-order valence-corrected chi connectivity index (χ4v) is 2.48. The van der Waals surface area contributed by atoms with Crippen molar-refractivity contribution in [3.63, 3.8) is 0 Å². The average molecular weight is 223 g/mol. The normalized spacial score (nSPS) is 20.6. The monoisotopic (exact) mass is 223 g/mol. The molecule has 1 saturated heterocycles. The molecule has 1 heterocycles. The molecule has 0 N–H and O–H groups in total. The molecule has 1 aliphatic rings. The first-order chi connectivity index (χ1) is 7.65. The van der Waals surface area contributed by atoms with Crippen molar-refractivity contribution in [1.82, 2.24) is 4.90 Å². The summed E-state index contributed by atoms with van der Waals surface area (Å²) in [6.07, 6.45) is 7.92. The van der Waals surface area contributed by atoms with Crippen LogP contribution in [-0.4, -0.2) is 29.3 Å². The molecule has 0 aromatic heterocycles. The van der Waals surface area contributed by atoms with E-state index in [0.717, 1.165) is 32.4 Å². The minimum Gasteiger partial charge on any atom is -0.298 e. The van der Waals surface area contributed by atoms with Crippen LogP contribution in [0.2, 0.25) is 0 Å². The Kier molecular flexibility index (Phi) is 5.20. The van der Waals surface area contributed by atoms with E-state index in [0.29, 0.717) is 12.2 Å². The van der Waals surface area contributed by atoms with E-state index in [2.05, 4.69) is 25.3 Å². The first-order valence-corrected chi connectivity index (χ1v) is 6.54. The van der Waals surface area contributed by atoms with E-state index in [-0.39, 0.29) is 5.54 Å². The summed E-state index contributed by atoms with van der Waals surface area (Å²) in [5, 5.41) is 0. The number of Topliss-reactive ketones (excluding diaryl/α,β-unsaturated/α-hetero) is 1. The molecule has 0 aromatic rings. The van der Waals surface area contributed by atoms with Crippen LogP contribution in [-0.2, 0) is 4.79 Å². The lowest BCUT2D eigenvalue weighted by molar-refractivity contribution is -0.130. The summed E-state index contributed by atoms with van der Waals surface area (Å²) in [7, 11) is 0. The molecule has 2 nitrogen and oxygen atoms in total. The van der Waals surface area contributed by atoms with Gasteiger partial charge in [-0.2, -0.15) is 0 Å². The number of likely N-dealkylation sites (tertiary alicyclic amines) is 1. The van der Waals surface area contributed by atoms with E-state index >= 15 is 0 Å². The third kappa shape index (κ3) is 2.94. The smallest absolute Gasteiger partial charge is 0.152 e. The van der Waals surface area contributed by atoms with Crippen LogP contribution >= 0.6 is 0 Å². The third-order valence-electron chi connectivity index (χ3n) is 3.91. The highest BCUT2D eigenvalue weighted by Crippen LogP contribution is 2.27. The molecule has 16 heavy (non-hydrogen) atoms. The van der Waals surface area contributed by atoms with Gasteiger partial charge in [-0.1, -0.05) is 13.0 Å². The van der Waals surface area contributed by atoms with Crippen molar-refractivity contribution < 1.29 is 4.79 Å². The lowest BCUT2D eigenvalue weighted by atomic mass is 9.88. The number of carbonyl (C=O) groups is 1. The third-order valence-corrected chi connectivity index (χ3v) is 3.91. The predicted molar refractivity (Wildman–Crippen MR) is 68.6 cm³/mol. The number of hydrogen-bond acceptors (Lipinski definition) is 2. The molecule has 1 rings (SSSR count). The summed E-state index contributed by atoms with van der Waals surface area (Å²) < 4.78 is 0. The number of rotatable bonds is 7. The molecule has 0 amide bonds. The quantitative estimate of drug-likeness (QED) is 0.488. The van der Waals surface area contributed by atoms with Crippen LogP contribution in [0.3, 0.4) is 0 Å². The molecule has 2 heteroatoms. The van der Waals surface area contributed by atoms with Crippen LogP contribution in [0.4, 0.5) is 0 Å². The Hall–Kier alpha value is -0.630. The van der Waals surface area contributed by atoms with E-state index < -0.39 is 0 Å². The summed E-state index contributed by atoms with van der Waals surface area (Å²) in [4.78, 5) is 14.7. The van der Waals surface area contributed by atoms with Gasteiger partial charge in [0.15, 0.2) is 5.78 Å². The van der Waals surface area contributed by atoms with Crippen molar-refractivity contribution in [2.75, 3.05) is 13.1 Å². The molecular weight excluding hydrogens is 198 g/mol. The second-order valence-corrected chi connectivity index (χ2v) is 4.93. The van der Waals surface area contributed by atoms with E-state index in [9.17, 15) is 4.79 Å². The van der Waals surface area contributed by atoms with E-state index in [1.807, 2.05) is 6.08 Å². The zero-order valence-electron chi connectivity index (χ0n) is 10.8. The standard InChI is InChI=1S/C14H25NO/c1-4-6-7-10-13(16)14(3,5-2)15-11-8-9-12-15/h4H,1,5-12H2,2-3H3. The van der Waals surface area contributed by atoms with Gasteiger partial charge in [0.2, 0.25) is 0 Å². The van der Waals surface area contributed by atoms with Crippen LogP contribution in [0.1, 0.15) is 52.4 Å². The van der Waals surface area contributed by atoms with Crippen LogP contribution in [0.5, 0.6) is 0 Å². The van der Waals surface area contributed by atoms with Gasteiger partial charge in [0.25, 0.3) is 0 Å². The molecule has 1 aliphatic heterocycles. The number of nitrogens with zero attached hydrogens (tertiary/aromatic N) is 1. The second-order valence-electron chi connectivity index (χ2n) is 4.93. The molecular formula is C14H25NO. The van der Waals surface area contributed by atoms with Gasteiger partial charge in [0.1, 0.15) is 0 Å². The summed E-state index contributed by atoms with van der Waals surface area (Å²) in [5.74, 6) is 0.416. The highest BCUT2D eigenvalue weighted by molar-refractivity contribution is 5.88. The Morgan fingerprint density at radius 2 is 2.06 bits per heavy atom. The molecule has 0 radical (unpaired) electrons. The molecule has 1 unspecified atom stereocenters. The van der Waals surface area contributed by atoms with E-state index in [1.54, 1.807) is 0 Å². The Morgan fingerprint density at radius 3 is 2.56 bits per heavy atom. The number of allylic oxidation sites excluding steroid dienone is 1. The SMILES string of the molecule is C=CCCCC(=O)C(C)(CC)N1CCCC1. The van der Waals surface area contributed by atoms with Crippen molar-refractivity contribution in [2.24, 2.45) is 0 Å². The van der Waals surface area contributed by atoms with Gasteiger partial charge in [-0.05, 0) is 52.1 Å². The van der Waals surface area contributed by atoms with E-state index in [1.165, 1.54) is 12.8 Å². The molecule has 0 saturated carbocycles. The topological polar surface area (TPSA) is 20.3 Å². The zero-order chi connectivity index (χ0) is 12.0. The van der Waals surface area contributed by atoms with Crippen LogP contribution in [0.25, 0.3) is 0 Å². The Labute approximate surface area is 99.7 Å². The molecule has 1 atom stereocenters. The lowest BCUT2D eigenvalue weighted by Crippen LogP contribution is -2.50. The maximum absolute atomic E-state index is 12.3. The largest absolute Gasteiger partial charge is 0.298 e. The molecule has 1 fully saturated rings. The van der Waals surface area contributed by atoms with Gasteiger partial charge in [-0.25, -0.2) is 0 Å². The van der Waals surface area contributed by atoms with Gasteiger partial charge < -0.3 is 0 Å². The van der Waals surface area contributed by atoms with Gasteiger partial charge >= 0.3 is 0 Å². The summed E-state index contributed by atoms with van der Waals surface area (Å²) in [6.45, 7) is 10.1. The molecule has 0 bridgehead atoms. The maximum atomic E-state index is 12.3. The van der Waals surface area contributed by atoms with Crippen molar-refractivity contribution in [2.45, 2.75) is 57.9 Å². The predicted octanol–water partition coefficient (Wildman–Crippen LogP) is 3.18. The first-order valence-electron chi connectivity index (χ1n) is 6.54. The van der Waals surface area contributed by atoms with Crippen molar-refractivity contribution in [1.29, 1.82) is 0 Å². The fourth-order valence-electron chi connectivity index (χ4n) is 2.48.